The Bertz CT molecular complexity index is 1130. The van der Waals surface area contributed by atoms with Gasteiger partial charge in [0, 0.05) is 25.9 Å². The number of benzene rings is 3. The van der Waals surface area contributed by atoms with Gasteiger partial charge in [-0.1, -0.05) is 56.3 Å². The predicted molar refractivity (Wildman–Crippen MR) is 146 cm³/mol. The normalized spacial score (nSPS) is 11.6. The quantitative estimate of drug-likeness (QED) is 0.289. The summed E-state index contributed by atoms with van der Waals surface area (Å²) in [6.07, 6.45) is 1.07. The van der Waals surface area contributed by atoms with E-state index in [1.54, 1.807) is 24.1 Å². The fraction of sp³-hybridized carbons (Fsp3) is 0.355. The van der Waals surface area contributed by atoms with Crippen LogP contribution in [0, 0.1) is 11.7 Å². The number of nitrogens with zero attached hydrogens (tertiary/aromatic N) is 1. The van der Waals surface area contributed by atoms with E-state index in [0.29, 0.717) is 31.7 Å². The van der Waals surface area contributed by atoms with Crippen LogP contribution in [0.1, 0.15) is 37.8 Å². The molecule has 3 aromatic rings. The smallest absolute Gasteiger partial charge is 0.243 e. The van der Waals surface area contributed by atoms with Gasteiger partial charge in [-0.15, -0.1) is 0 Å². The number of amides is 2. The number of carbonyl (C=O) groups excluding carboxylic acids is 2. The van der Waals surface area contributed by atoms with E-state index in [0.717, 1.165) is 16.9 Å². The molecule has 7 heteroatoms. The van der Waals surface area contributed by atoms with Gasteiger partial charge in [-0.2, -0.15) is 0 Å². The minimum atomic E-state index is -0.712. The Labute approximate surface area is 224 Å². The number of ether oxygens (including phenoxy) is 2. The number of carbonyl (C=O) groups is 2. The molecule has 6 nitrogen and oxygen atoms in total. The van der Waals surface area contributed by atoms with E-state index < -0.39 is 6.04 Å². The van der Waals surface area contributed by atoms with Crippen molar-refractivity contribution in [3.63, 3.8) is 0 Å². The van der Waals surface area contributed by atoms with Gasteiger partial charge in [0.05, 0.1) is 13.7 Å². The lowest BCUT2D eigenvalue weighted by atomic mass is 10.0. The summed E-state index contributed by atoms with van der Waals surface area (Å²) in [5.74, 6) is 0.992. The SMILES string of the molecule is COc1ccc(OCCCC(=O)N(Cc2ccc(F)cc2)[C@H](Cc2ccccc2)C(=O)NCC(C)C)cc1. The van der Waals surface area contributed by atoms with Crippen LogP contribution in [0.5, 0.6) is 11.5 Å². The average molecular weight is 521 g/mol. The Kier molecular flexibility index (Phi) is 11.1. The highest BCUT2D eigenvalue weighted by Crippen LogP contribution is 2.19. The predicted octanol–water partition coefficient (Wildman–Crippen LogP) is 5.41. The van der Waals surface area contributed by atoms with Crippen LogP contribution in [0.15, 0.2) is 78.9 Å². The first-order valence-electron chi connectivity index (χ1n) is 13.0. The first kappa shape index (κ1) is 28.7. The molecule has 202 valence electrons. The van der Waals surface area contributed by atoms with Gasteiger partial charge in [0.25, 0.3) is 0 Å². The van der Waals surface area contributed by atoms with Gasteiger partial charge in [-0.3, -0.25) is 9.59 Å². The van der Waals surface area contributed by atoms with Crippen LogP contribution in [-0.2, 0) is 22.6 Å². The second kappa shape index (κ2) is 14.8. The van der Waals surface area contributed by atoms with Crippen molar-refractivity contribution in [2.75, 3.05) is 20.3 Å². The van der Waals surface area contributed by atoms with Crippen LogP contribution in [0.3, 0.4) is 0 Å². The number of rotatable bonds is 14. The molecule has 0 bridgehead atoms. The summed E-state index contributed by atoms with van der Waals surface area (Å²) in [6, 6.07) is 22.2. The Morgan fingerprint density at radius 1 is 0.895 bits per heavy atom. The van der Waals surface area contributed by atoms with Crippen LogP contribution in [-0.4, -0.2) is 43.0 Å². The lowest BCUT2D eigenvalue weighted by Gasteiger charge is -2.32. The number of halogens is 1. The van der Waals surface area contributed by atoms with E-state index in [2.05, 4.69) is 5.32 Å². The van der Waals surface area contributed by atoms with Crippen LogP contribution < -0.4 is 14.8 Å². The van der Waals surface area contributed by atoms with E-state index in [1.807, 2.05) is 68.4 Å². The van der Waals surface area contributed by atoms with Gasteiger partial charge in [-0.05, 0) is 59.9 Å². The Morgan fingerprint density at radius 3 is 2.18 bits per heavy atom. The third-order valence-electron chi connectivity index (χ3n) is 6.08. The molecular formula is C31H37FN2O4. The molecule has 0 aromatic heterocycles. The molecule has 38 heavy (non-hydrogen) atoms. The zero-order chi connectivity index (χ0) is 27.3. The van der Waals surface area contributed by atoms with Crippen molar-refractivity contribution in [2.45, 2.75) is 45.7 Å². The monoisotopic (exact) mass is 520 g/mol. The zero-order valence-corrected chi connectivity index (χ0v) is 22.4. The largest absolute Gasteiger partial charge is 0.497 e. The summed E-state index contributed by atoms with van der Waals surface area (Å²) >= 11 is 0. The van der Waals surface area contributed by atoms with Crippen molar-refractivity contribution < 1.29 is 23.5 Å². The van der Waals surface area contributed by atoms with Crippen molar-refractivity contribution in [2.24, 2.45) is 5.92 Å². The maximum Gasteiger partial charge on any atom is 0.243 e. The third kappa shape index (κ3) is 9.21. The fourth-order valence-corrected chi connectivity index (χ4v) is 3.99. The first-order valence-corrected chi connectivity index (χ1v) is 13.0. The van der Waals surface area contributed by atoms with Gasteiger partial charge in [-0.25, -0.2) is 4.39 Å². The molecule has 0 saturated carbocycles. The minimum Gasteiger partial charge on any atom is -0.497 e. The molecule has 0 spiro atoms. The zero-order valence-electron chi connectivity index (χ0n) is 22.4. The molecule has 2 amide bonds. The van der Waals surface area contributed by atoms with E-state index in [9.17, 15) is 14.0 Å². The molecule has 0 aliphatic carbocycles. The molecule has 3 aromatic carbocycles. The molecule has 1 atom stereocenters. The second-order valence-electron chi connectivity index (χ2n) is 9.62. The molecule has 1 N–H and O–H groups in total. The molecule has 0 fully saturated rings. The lowest BCUT2D eigenvalue weighted by molar-refractivity contribution is -0.141. The Morgan fingerprint density at radius 2 is 1.55 bits per heavy atom. The first-order chi connectivity index (χ1) is 18.4. The highest BCUT2D eigenvalue weighted by Gasteiger charge is 2.30. The van der Waals surface area contributed by atoms with Crippen molar-refractivity contribution in [3.05, 3.63) is 95.8 Å². The van der Waals surface area contributed by atoms with Crippen molar-refractivity contribution in [1.82, 2.24) is 10.2 Å². The summed E-state index contributed by atoms with van der Waals surface area (Å²) in [4.78, 5) is 28.6. The van der Waals surface area contributed by atoms with Crippen LogP contribution in [0.25, 0.3) is 0 Å². The van der Waals surface area contributed by atoms with Crippen LogP contribution in [0.2, 0.25) is 0 Å². The number of hydrogen-bond acceptors (Lipinski definition) is 4. The Balaban J connectivity index is 1.76. The highest BCUT2D eigenvalue weighted by atomic mass is 19.1. The number of methoxy groups -OCH3 is 1. The van der Waals surface area contributed by atoms with Gasteiger partial charge >= 0.3 is 0 Å². The topological polar surface area (TPSA) is 67.9 Å². The maximum absolute atomic E-state index is 13.6. The second-order valence-corrected chi connectivity index (χ2v) is 9.62. The Hall–Kier alpha value is -3.87. The van der Waals surface area contributed by atoms with Gasteiger partial charge in [0.2, 0.25) is 11.8 Å². The van der Waals surface area contributed by atoms with Gasteiger partial charge < -0.3 is 19.7 Å². The number of hydrogen-bond donors (Lipinski definition) is 1. The standard InChI is InChI=1S/C31H37FN2O4/c1-23(2)21-33-31(36)29(20-24-8-5-4-6-9-24)34(22-25-11-13-26(32)14-12-25)30(35)10-7-19-38-28-17-15-27(37-3)16-18-28/h4-6,8-9,11-18,23,29H,7,10,19-22H2,1-3H3,(H,33,36)/t29-/m1/s1. The molecule has 0 saturated heterocycles. The molecule has 0 aliphatic heterocycles. The van der Waals surface area contributed by atoms with Crippen LogP contribution >= 0.6 is 0 Å². The fourth-order valence-electron chi connectivity index (χ4n) is 3.99. The lowest BCUT2D eigenvalue weighted by Crippen LogP contribution is -2.51. The molecule has 3 rings (SSSR count). The number of nitrogens with one attached hydrogen (secondary N) is 1. The van der Waals surface area contributed by atoms with E-state index >= 15 is 0 Å². The minimum absolute atomic E-state index is 0.159. The van der Waals surface area contributed by atoms with E-state index in [1.165, 1.54) is 12.1 Å². The average Bonchev–Trinajstić information content (AvgIpc) is 2.93. The molecular weight excluding hydrogens is 483 g/mol. The van der Waals surface area contributed by atoms with Crippen LogP contribution in [0.4, 0.5) is 4.39 Å². The van der Waals surface area contributed by atoms with Crippen molar-refractivity contribution in [3.8, 4) is 11.5 Å². The van der Waals surface area contributed by atoms with E-state index in [-0.39, 0.29) is 36.5 Å². The highest BCUT2D eigenvalue weighted by molar-refractivity contribution is 5.88. The summed E-state index contributed by atoms with van der Waals surface area (Å²) in [6.45, 7) is 5.11. The summed E-state index contributed by atoms with van der Waals surface area (Å²) in [7, 11) is 1.60. The van der Waals surface area contributed by atoms with Crippen molar-refractivity contribution >= 4 is 11.8 Å². The van der Waals surface area contributed by atoms with Gasteiger partial charge in [0.1, 0.15) is 23.4 Å². The molecule has 0 radical (unpaired) electrons. The summed E-state index contributed by atoms with van der Waals surface area (Å²) < 4.78 is 24.5. The van der Waals surface area contributed by atoms with Gasteiger partial charge in [0.15, 0.2) is 0 Å². The molecule has 0 aliphatic rings. The van der Waals surface area contributed by atoms with E-state index in [4.69, 9.17) is 9.47 Å². The summed E-state index contributed by atoms with van der Waals surface area (Å²) in [5, 5.41) is 3.00. The molecule has 0 unspecified atom stereocenters. The van der Waals surface area contributed by atoms with Crippen molar-refractivity contribution in [1.29, 1.82) is 0 Å². The summed E-state index contributed by atoms with van der Waals surface area (Å²) in [5.41, 5.74) is 1.71. The maximum atomic E-state index is 13.6. The third-order valence-corrected chi connectivity index (χ3v) is 6.08. The molecule has 0 heterocycles.